The fraction of sp³-hybridized carbons (Fsp3) is 0.143. The molecule has 0 bridgehead atoms. The Balaban J connectivity index is 2.06. The molecule has 3 N–H and O–H groups in total. The molecule has 0 saturated carbocycles. The standard InChI is InChI=1S/C14H15N3O3S/c1-21(18,19)12-4-2-11(3-5-12)20-9-10-6-7-17-13(8-10)14(15)16/h2-8H,9H2,1H3,(H3,15,16). The molecule has 110 valence electrons. The van der Waals surface area contributed by atoms with Crippen molar-refractivity contribution in [2.75, 3.05) is 6.26 Å². The summed E-state index contributed by atoms with van der Waals surface area (Å²) in [4.78, 5) is 4.21. The first-order valence-corrected chi connectivity index (χ1v) is 7.97. The Morgan fingerprint density at radius 1 is 1.29 bits per heavy atom. The topological polar surface area (TPSA) is 106 Å². The van der Waals surface area contributed by atoms with E-state index in [1.165, 1.54) is 12.1 Å². The molecule has 0 unspecified atom stereocenters. The van der Waals surface area contributed by atoms with Crippen LogP contribution in [0.3, 0.4) is 0 Å². The van der Waals surface area contributed by atoms with E-state index in [0.717, 1.165) is 11.8 Å². The number of sulfone groups is 1. The van der Waals surface area contributed by atoms with Crippen LogP contribution in [0.2, 0.25) is 0 Å². The Morgan fingerprint density at radius 2 is 1.95 bits per heavy atom. The number of rotatable bonds is 5. The van der Waals surface area contributed by atoms with E-state index in [9.17, 15) is 8.42 Å². The lowest BCUT2D eigenvalue weighted by atomic mass is 10.2. The van der Waals surface area contributed by atoms with Crippen molar-refractivity contribution < 1.29 is 13.2 Å². The number of nitrogen functional groups attached to an aromatic ring is 1. The van der Waals surface area contributed by atoms with Gasteiger partial charge in [-0.2, -0.15) is 0 Å². The predicted molar refractivity (Wildman–Crippen MR) is 79.1 cm³/mol. The second-order valence-electron chi connectivity index (χ2n) is 4.50. The number of nitrogens with one attached hydrogen (secondary N) is 1. The van der Waals surface area contributed by atoms with Crippen molar-refractivity contribution >= 4 is 15.7 Å². The second-order valence-corrected chi connectivity index (χ2v) is 6.51. The zero-order valence-electron chi connectivity index (χ0n) is 11.4. The van der Waals surface area contributed by atoms with Gasteiger partial charge in [0.05, 0.1) is 4.90 Å². The lowest BCUT2D eigenvalue weighted by Gasteiger charge is -2.07. The minimum absolute atomic E-state index is 0.102. The number of hydrogen-bond acceptors (Lipinski definition) is 5. The highest BCUT2D eigenvalue weighted by atomic mass is 32.2. The van der Waals surface area contributed by atoms with Crippen LogP contribution in [0.1, 0.15) is 11.3 Å². The molecule has 21 heavy (non-hydrogen) atoms. The molecule has 1 aromatic heterocycles. The number of nitrogens with zero attached hydrogens (tertiary/aromatic N) is 1. The van der Waals surface area contributed by atoms with Gasteiger partial charge < -0.3 is 10.5 Å². The summed E-state index contributed by atoms with van der Waals surface area (Å²) in [7, 11) is -3.20. The molecule has 0 spiro atoms. The van der Waals surface area contributed by atoms with Crippen molar-refractivity contribution in [3.63, 3.8) is 0 Å². The first kappa shape index (κ1) is 15.0. The lowest BCUT2D eigenvalue weighted by molar-refractivity contribution is 0.306. The van der Waals surface area contributed by atoms with Crippen molar-refractivity contribution in [1.82, 2.24) is 4.98 Å². The molecule has 2 aromatic rings. The average molecular weight is 305 g/mol. The van der Waals surface area contributed by atoms with E-state index in [1.807, 2.05) is 0 Å². The Labute approximate surface area is 123 Å². The molecule has 0 atom stereocenters. The molecule has 7 heteroatoms. The summed E-state index contributed by atoms with van der Waals surface area (Å²) in [6.07, 6.45) is 2.71. The van der Waals surface area contributed by atoms with Gasteiger partial charge in [-0.3, -0.25) is 10.4 Å². The molecule has 0 radical (unpaired) electrons. The summed E-state index contributed by atoms with van der Waals surface area (Å²) in [6.45, 7) is 0.279. The van der Waals surface area contributed by atoms with Crippen LogP contribution in [0.5, 0.6) is 5.75 Å². The predicted octanol–water partition coefficient (Wildman–Crippen LogP) is 1.35. The van der Waals surface area contributed by atoms with Gasteiger partial charge in [-0.25, -0.2) is 8.42 Å². The number of benzene rings is 1. The van der Waals surface area contributed by atoms with E-state index in [4.69, 9.17) is 15.9 Å². The second kappa shape index (κ2) is 5.92. The molecule has 2 rings (SSSR count). The van der Waals surface area contributed by atoms with Gasteiger partial charge in [-0.15, -0.1) is 0 Å². The zero-order chi connectivity index (χ0) is 15.5. The highest BCUT2D eigenvalue weighted by Crippen LogP contribution is 2.17. The van der Waals surface area contributed by atoms with Crippen LogP contribution in [0.15, 0.2) is 47.5 Å². The van der Waals surface area contributed by atoms with Crippen LogP contribution in [0, 0.1) is 5.41 Å². The fourth-order valence-corrected chi connectivity index (χ4v) is 2.29. The monoisotopic (exact) mass is 305 g/mol. The van der Waals surface area contributed by atoms with E-state index < -0.39 is 9.84 Å². The van der Waals surface area contributed by atoms with Crippen LogP contribution in [-0.2, 0) is 16.4 Å². The summed E-state index contributed by atoms with van der Waals surface area (Å²) in [5.74, 6) is 0.456. The third-order valence-electron chi connectivity index (χ3n) is 2.76. The van der Waals surface area contributed by atoms with Gasteiger partial charge in [-0.1, -0.05) is 0 Å². The van der Waals surface area contributed by atoms with Gasteiger partial charge in [0.25, 0.3) is 0 Å². The maximum Gasteiger partial charge on any atom is 0.175 e. The molecule has 1 aromatic carbocycles. The molecule has 0 fully saturated rings. The minimum Gasteiger partial charge on any atom is -0.489 e. The average Bonchev–Trinajstić information content (AvgIpc) is 2.45. The smallest absolute Gasteiger partial charge is 0.175 e. The summed E-state index contributed by atoms with van der Waals surface area (Å²) in [5, 5.41) is 7.33. The molecule has 0 aliphatic rings. The van der Waals surface area contributed by atoms with Crippen LogP contribution in [0.4, 0.5) is 0 Å². The Hall–Kier alpha value is -2.41. The van der Waals surface area contributed by atoms with Crippen molar-refractivity contribution in [3.8, 4) is 5.75 Å². The number of amidine groups is 1. The maximum atomic E-state index is 11.3. The summed E-state index contributed by atoms with van der Waals surface area (Å²) >= 11 is 0. The van der Waals surface area contributed by atoms with Crippen molar-refractivity contribution in [1.29, 1.82) is 5.41 Å². The van der Waals surface area contributed by atoms with Gasteiger partial charge in [0.1, 0.15) is 23.9 Å². The molecule has 0 aliphatic heterocycles. The number of aromatic nitrogens is 1. The normalized spacial score (nSPS) is 11.1. The van der Waals surface area contributed by atoms with Crippen LogP contribution in [0.25, 0.3) is 0 Å². The summed E-state index contributed by atoms with van der Waals surface area (Å²) in [5.41, 5.74) is 6.58. The zero-order valence-corrected chi connectivity index (χ0v) is 12.2. The molecule has 6 nitrogen and oxygen atoms in total. The summed E-state index contributed by atoms with van der Waals surface area (Å²) < 4.78 is 28.3. The van der Waals surface area contributed by atoms with Crippen molar-refractivity contribution in [2.45, 2.75) is 11.5 Å². The van der Waals surface area contributed by atoms with E-state index in [-0.39, 0.29) is 17.3 Å². The Morgan fingerprint density at radius 3 is 2.52 bits per heavy atom. The SMILES string of the molecule is CS(=O)(=O)c1ccc(OCc2ccnc(C(=N)N)c2)cc1. The maximum absolute atomic E-state index is 11.3. The number of nitrogens with two attached hydrogens (primary N) is 1. The lowest BCUT2D eigenvalue weighted by Crippen LogP contribution is -2.13. The molecule has 0 saturated heterocycles. The number of pyridine rings is 1. The Bertz CT molecular complexity index is 755. The molecular weight excluding hydrogens is 290 g/mol. The van der Waals surface area contributed by atoms with Gasteiger partial charge >= 0.3 is 0 Å². The number of ether oxygens (including phenoxy) is 1. The van der Waals surface area contributed by atoms with E-state index in [2.05, 4.69) is 4.98 Å². The third-order valence-corrected chi connectivity index (χ3v) is 3.89. The molecule has 0 aliphatic carbocycles. The first-order chi connectivity index (χ1) is 9.86. The highest BCUT2D eigenvalue weighted by molar-refractivity contribution is 7.90. The van der Waals surface area contributed by atoms with Crippen LogP contribution >= 0.6 is 0 Å². The highest BCUT2D eigenvalue weighted by Gasteiger charge is 2.06. The van der Waals surface area contributed by atoms with E-state index >= 15 is 0 Å². The van der Waals surface area contributed by atoms with Crippen LogP contribution < -0.4 is 10.5 Å². The molecule has 1 heterocycles. The largest absolute Gasteiger partial charge is 0.489 e. The fourth-order valence-electron chi connectivity index (χ4n) is 1.66. The van der Waals surface area contributed by atoms with Gasteiger partial charge in [-0.05, 0) is 42.0 Å². The summed E-state index contributed by atoms with van der Waals surface area (Å²) in [6, 6.07) is 9.63. The third kappa shape index (κ3) is 4.03. The van der Waals surface area contributed by atoms with E-state index in [0.29, 0.717) is 11.4 Å². The van der Waals surface area contributed by atoms with Crippen LogP contribution in [-0.4, -0.2) is 25.5 Å². The van der Waals surface area contributed by atoms with E-state index in [1.54, 1.807) is 30.5 Å². The van der Waals surface area contributed by atoms with Gasteiger partial charge in [0, 0.05) is 12.5 Å². The minimum atomic E-state index is -3.20. The van der Waals surface area contributed by atoms with Crippen molar-refractivity contribution in [2.24, 2.45) is 5.73 Å². The molecular formula is C14H15N3O3S. The molecule has 0 amide bonds. The van der Waals surface area contributed by atoms with Gasteiger partial charge in [0.2, 0.25) is 0 Å². The Kier molecular flexibility index (Phi) is 4.23. The quantitative estimate of drug-likeness (QED) is 0.640. The first-order valence-electron chi connectivity index (χ1n) is 6.08. The number of hydrogen-bond donors (Lipinski definition) is 2. The van der Waals surface area contributed by atoms with Gasteiger partial charge in [0.15, 0.2) is 9.84 Å². The van der Waals surface area contributed by atoms with Crippen molar-refractivity contribution in [3.05, 3.63) is 53.9 Å².